The van der Waals surface area contributed by atoms with E-state index < -0.39 is 23.4 Å². The molecule has 1 heterocycles. The number of carbonyl (C=O) groups is 2. The van der Waals surface area contributed by atoms with E-state index in [2.05, 4.69) is 5.32 Å². The second kappa shape index (κ2) is 8.39. The van der Waals surface area contributed by atoms with E-state index in [-0.39, 0.29) is 11.4 Å². The maximum absolute atomic E-state index is 12.1. The van der Waals surface area contributed by atoms with Gasteiger partial charge in [-0.25, -0.2) is 4.79 Å². The molecule has 1 N–H and O–H groups in total. The van der Waals surface area contributed by atoms with Gasteiger partial charge in [0.25, 0.3) is 11.6 Å². The van der Waals surface area contributed by atoms with Gasteiger partial charge in [0.05, 0.1) is 4.92 Å². The summed E-state index contributed by atoms with van der Waals surface area (Å²) < 4.78 is 10.4. The van der Waals surface area contributed by atoms with E-state index in [1.807, 2.05) is 26.0 Å². The molecule has 0 aliphatic rings. The summed E-state index contributed by atoms with van der Waals surface area (Å²) in [4.78, 5) is 34.3. The predicted molar refractivity (Wildman–Crippen MR) is 106 cm³/mol. The number of rotatable bonds is 6. The number of anilines is 1. The van der Waals surface area contributed by atoms with Crippen molar-refractivity contribution in [3.63, 3.8) is 0 Å². The molecular formula is C21H18N2O6. The lowest BCUT2D eigenvalue weighted by Gasteiger charge is -2.09. The monoisotopic (exact) mass is 394 g/mol. The number of ether oxygens (including phenoxy) is 1. The Bertz CT molecular complexity index is 1070. The number of nitro benzene ring substituents is 1. The molecule has 1 aromatic heterocycles. The van der Waals surface area contributed by atoms with E-state index in [0.29, 0.717) is 17.0 Å². The minimum absolute atomic E-state index is 0.0465. The van der Waals surface area contributed by atoms with Gasteiger partial charge in [-0.1, -0.05) is 17.7 Å². The standard InChI is InChI=1S/C21H18N2O6/c1-13-3-8-17(14(2)11-13)22-20(24)12-28-21(25)19-10-9-18(29-19)15-4-6-16(7-5-15)23(26)27/h3-11H,12H2,1-2H3,(H,22,24). The van der Waals surface area contributed by atoms with Crippen molar-refractivity contribution in [2.24, 2.45) is 0 Å². The first kappa shape index (κ1) is 19.8. The summed E-state index contributed by atoms with van der Waals surface area (Å²) in [5.74, 6) is -0.967. The number of esters is 1. The van der Waals surface area contributed by atoms with Gasteiger partial charge in [0, 0.05) is 23.4 Å². The van der Waals surface area contributed by atoms with Crippen LogP contribution in [-0.2, 0) is 9.53 Å². The quantitative estimate of drug-likeness (QED) is 0.380. The summed E-state index contributed by atoms with van der Waals surface area (Å²) in [6.07, 6.45) is 0. The molecule has 0 fully saturated rings. The molecule has 8 nitrogen and oxygen atoms in total. The normalized spacial score (nSPS) is 10.4. The van der Waals surface area contributed by atoms with Crippen molar-refractivity contribution >= 4 is 23.3 Å². The summed E-state index contributed by atoms with van der Waals surface area (Å²) >= 11 is 0. The van der Waals surface area contributed by atoms with E-state index in [4.69, 9.17) is 9.15 Å². The molecule has 0 bridgehead atoms. The van der Waals surface area contributed by atoms with Crippen LogP contribution in [0.1, 0.15) is 21.7 Å². The van der Waals surface area contributed by atoms with Crippen molar-refractivity contribution in [1.29, 1.82) is 0 Å². The van der Waals surface area contributed by atoms with E-state index in [1.165, 1.54) is 30.3 Å². The first-order valence-electron chi connectivity index (χ1n) is 8.72. The Morgan fingerprint density at radius 1 is 1.07 bits per heavy atom. The minimum atomic E-state index is -0.783. The number of furan rings is 1. The van der Waals surface area contributed by atoms with Gasteiger partial charge in [-0.05, 0) is 49.7 Å². The van der Waals surface area contributed by atoms with Crippen LogP contribution < -0.4 is 5.32 Å². The van der Waals surface area contributed by atoms with Crippen molar-refractivity contribution in [2.75, 3.05) is 11.9 Å². The molecule has 0 aliphatic heterocycles. The summed E-state index contributed by atoms with van der Waals surface area (Å²) in [6, 6.07) is 14.3. The highest BCUT2D eigenvalue weighted by Gasteiger charge is 2.16. The maximum Gasteiger partial charge on any atom is 0.374 e. The number of hydrogen-bond acceptors (Lipinski definition) is 6. The molecule has 0 spiro atoms. The van der Waals surface area contributed by atoms with Crippen LogP contribution in [0.3, 0.4) is 0 Å². The average Bonchev–Trinajstić information content (AvgIpc) is 3.19. The van der Waals surface area contributed by atoms with Gasteiger partial charge >= 0.3 is 5.97 Å². The van der Waals surface area contributed by atoms with Crippen molar-refractivity contribution in [1.82, 2.24) is 0 Å². The van der Waals surface area contributed by atoms with Crippen molar-refractivity contribution in [2.45, 2.75) is 13.8 Å². The highest BCUT2D eigenvalue weighted by atomic mass is 16.6. The molecule has 0 saturated carbocycles. The lowest BCUT2D eigenvalue weighted by atomic mass is 10.1. The molecule has 8 heteroatoms. The van der Waals surface area contributed by atoms with Crippen molar-refractivity contribution < 1.29 is 23.7 Å². The third kappa shape index (κ3) is 4.86. The largest absolute Gasteiger partial charge is 0.450 e. The first-order valence-corrected chi connectivity index (χ1v) is 8.72. The first-order chi connectivity index (χ1) is 13.8. The molecule has 0 atom stereocenters. The maximum atomic E-state index is 12.1. The predicted octanol–water partition coefficient (Wildman–Crippen LogP) is 4.27. The van der Waals surface area contributed by atoms with Gasteiger partial charge in [-0.3, -0.25) is 14.9 Å². The topological polar surface area (TPSA) is 112 Å². The number of carbonyl (C=O) groups excluding carboxylic acids is 2. The minimum Gasteiger partial charge on any atom is -0.450 e. The van der Waals surface area contributed by atoms with Crippen LogP contribution in [0.5, 0.6) is 0 Å². The van der Waals surface area contributed by atoms with Gasteiger partial charge in [-0.2, -0.15) is 0 Å². The van der Waals surface area contributed by atoms with E-state index >= 15 is 0 Å². The number of amides is 1. The number of benzene rings is 2. The van der Waals surface area contributed by atoms with Crippen LogP contribution in [-0.4, -0.2) is 23.4 Å². The van der Waals surface area contributed by atoms with Crippen molar-refractivity contribution in [3.8, 4) is 11.3 Å². The molecule has 2 aromatic carbocycles. The van der Waals surface area contributed by atoms with Crippen LogP contribution in [0.15, 0.2) is 59.0 Å². The number of nitrogens with zero attached hydrogens (tertiary/aromatic N) is 1. The third-order valence-electron chi connectivity index (χ3n) is 4.16. The fourth-order valence-corrected chi connectivity index (χ4v) is 2.69. The smallest absolute Gasteiger partial charge is 0.374 e. The van der Waals surface area contributed by atoms with Crippen LogP contribution in [0, 0.1) is 24.0 Å². The molecule has 1 amide bonds. The molecule has 0 saturated heterocycles. The third-order valence-corrected chi connectivity index (χ3v) is 4.16. The van der Waals surface area contributed by atoms with Crippen LogP contribution in [0.2, 0.25) is 0 Å². The summed E-state index contributed by atoms with van der Waals surface area (Å²) in [5, 5.41) is 13.4. The summed E-state index contributed by atoms with van der Waals surface area (Å²) in [5.41, 5.74) is 3.16. The van der Waals surface area contributed by atoms with Crippen molar-refractivity contribution in [3.05, 3.63) is 81.6 Å². The van der Waals surface area contributed by atoms with Gasteiger partial charge < -0.3 is 14.5 Å². The molecule has 29 heavy (non-hydrogen) atoms. The Kier molecular flexibility index (Phi) is 5.73. The zero-order chi connectivity index (χ0) is 21.0. The Labute approximate surface area is 166 Å². The highest BCUT2D eigenvalue weighted by Crippen LogP contribution is 2.25. The Balaban J connectivity index is 1.58. The van der Waals surface area contributed by atoms with Gasteiger partial charge in [0.2, 0.25) is 5.76 Å². The zero-order valence-electron chi connectivity index (χ0n) is 15.8. The summed E-state index contributed by atoms with van der Waals surface area (Å²) in [7, 11) is 0. The molecule has 0 unspecified atom stereocenters. The highest BCUT2D eigenvalue weighted by molar-refractivity contribution is 5.95. The number of hydrogen-bond donors (Lipinski definition) is 1. The molecule has 3 aromatic rings. The lowest BCUT2D eigenvalue weighted by molar-refractivity contribution is -0.384. The Morgan fingerprint density at radius 2 is 1.79 bits per heavy atom. The van der Waals surface area contributed by atoms with Crippen LogP contribution in [0.4, 0.5) is 11.4 Å². The SMILES string of the molecule is Cc1ccc(NC(=O)COC(=O)c2ccc(-c3ccc([N+](=O)[O-])cc3)o2)c(C)c1. The zero-order valence-corrected chi connectivity index (χ0v) is 15.8. The van der Waals surface area contributed by atoms with E-state index in [1.54, 1.807) is 12.1 Å². The van der Waals surface area contributed by atoms with Gasteiger partial charge in [0.15, 0.2) is 6.61 Å². The fraction of sp³-hybridized carbons (Fsp3) is 0.143. The van der Waals surface area contributed by atoms with Gasteiger partial charge in [0.1, 0.15) is 5.76 Å². The molecule has 148 valence electrons. The van der Waals surface area contributed by atoms with Crippen LogP contribution >= 0.6 is 0 Å². The molecule has 0 radical (unpaired) electrons. The second-order valence-electron chi connectivity index (χ2n) is 6.41. The number of nitro groups is 1. The molecule has 3 rings (SSSR count). The molecular weight excluding hydrogens is 376 g/mol. The average molecular weight is 394 g/mol. The number of nitrogens with one attached hydrogen (secondary N) is 1. The van der Waals surface area contributed by atoms with E-state index in [0.717, 1.165) is 11.1 Å². The fourth-order valence-electron chi connectivity index (χ4n) is 2.69. The number of aryl methyl sites for hydroxylation is 2. The Morgan fingerprint density at radius 3 is 2.45 bits per heavy atom. The van der Waals surface area contributed by atoms with Crippen LogP contribution in [0.25, 0.3) is 11.3 Å². The second-order valence-corrected chi connectivity index (χ2v) is 6.41. The Hall–Kier alpha value is -3.94. The van der Waals surface area contributed by atoms with E-state index in [9.17, 15) is 19.7 Å². The van der Waals surface area contributed by atoms with Gasteiger partial charge in [-0.15, -0.1) is 0 Å². The molecule has 0 aliphatic carbocycles. The summed E-state index contributed by atoms with van der Waals surface area (Å²) in [6.45, 7) is 3.37. The lowest BCUT2D eigenvalue weighted by Crippen LogP contribution is -2.21. The number of non-ortho nitro benzene ring substituents is 1.